The van der Waals surface area contributed by atoms with Gasteiger partial charge in [-0.1, -0.05) is 6.07 Å². The van der Waals surface area contributed by atoms with Gasteiger partial charge in [-0.25, -0.2) is 14.6 Å². The summed E-state index contributed by atoms with van der Waals surface area (Å²) in [6.07, 6.45) is 3.69. The molecule has 1 atom stereocenters. The van der Waals surface area contributed by atoms with Crippen LogP contribution in [-0.4, -0.2) is 72.4 Å². The van der Waals surface area contributed by atoms with Gasteiger partial charge in [0, 0.05) is 50.0 Å². The van der Waals surface area contributed by atoms with E-state index in [1.165, 1.54) is 5.56 Å². The quantitative estimate of drug-likeness (QED) is 0.576. The Kier molecular flexibility index (Phi) is 5.98. The van der Waals surface area contributed by atoms with Gasteiger partial charge in [-0.15, -0.1) is 0 Å². The van der Waals surface area contributed by atoms with Crippen molar-refractivity contribution in [3.05, 3.63) is 36.3 Å². The Hall–Kier alpha value is -2.71. The largest absolute Gasteiger partial charge is 0.491 e. The molecule has 0 N–H and O–H groups in total. The van der Waals surface area contributed by atoms with E-state index in [1.54, 1.807) is 6.33 Å². The second kappa shape index (κ2) is 8.82. The van der Waals surface area contributed by atoms with E-state index >= 15 is 0 Å². The molecule has 1 fully saturated rings. The average molecular weight is 464 g/mol. The van der Waals surface area contributed by atoms with Crippen LogP contribution in [0.4, 0.5) is 0 Å². The standard InChI is InChI=1S/C26H37N7O/c1-18(2)33-25(27-17-28-33)22-16-31-13-14-34-23-8-7-20(15-21(23)24(31)29-22)19(3)30-9-11-32(12-10-30)26(4,5)6/h7-8,15-19H,9-14H2,1-6H3/t19-/m1/s1. The van der Waals surface area contributed by atoms with Gasteiger partial charge in [-0.05, 0) is 59.2 Å². The monoisotopic (exact) mass is 463 g/mol. The molecule has 0 spiro atoms. The summed E-state index contributed by atoms with van der Waals surface area (Å²) in [5, 5.41) is 4.39. The Morgan fingerprint density at radius 1 is 0.971 bits per heavy atom. The summed E-state index contributed by atoms with van der Waals surface area (Å²) in [6, 6.07) is 7.17. The molecule has 0 aliphatic carbocycles. The number of aromatic nitrogens is 5. The number of fused-ring (bicyclic) bond motifs is 3. The summed E-state index contributed by atoms with van der Waals surface area (Å²) >= 11 is 0. The maximum atomic E-state index is 6.10. The molecule has 8 nitrogen and oxygen atoms in total. The highest BCUT2D eigenvalue weighted by Crippen LogP contribution is 2.37. The normalized spacial score (nSPS) is 18.3. The molecule has 34 heavy (non-hydrogen) atoms. The van der Waals surface area contributed by atoms with Crippen LogP contribution in [0.25, 0.3) is 22.9 Å². The third-order valence-corrected chi connectivity index (χ3v) is 7.20. The van der Waals surface area contributed by atoms with Gasteiger partial charge in [0.15, 0.2) is 5.82 Å². The highest BCUT2D eigenvalue weighted by molar-refractivity contribution is 5.69. The fraction of sp³-hybridized carbons (Fsp3) is 0.577. The van der Waals surface area contributed by atoms with Crippen molar-refractivity contribution in [2.75, 3.05) is 32.8 Å². The maximum absolute atomic E-state index is 6.10. The van der Waals surface area contributed by atoms with E-state index in [2.05, 4.69) is 90.4 Å². The maximum Gasteiger partial charge on any atom is 0.178 e. The van der Waals surface area contributed by atoms with Crippen molar-refractivity contribution in [1.29, 1.82) is 0 Å². The summed E-state index contributed by atoms with van der Waals surface area (Å²) in [4.78, 5) is 14.7. The molecule has 2 aliphatic rings. The Balaban J connectivity index is 1.44. The van der Waals surface area contributed by atoms with Crippen LogP contribution in [0.3, 0.4) is 0 Å². The molecule has 0 amide bonds. The molecule has 2 aliphatic heterocycles. The number of hydrogen-bond donors (Lipinski definition) is 0. The van der Waals surface area contributed by atoms with E-state index in [1.807, 2.05) is 4.68 Å². The van der Waals surface area contributed by atoms with Crippen molar-refractivity contribution < 1.29 is 4.74 Å². The highest BCUT2D eigenvalue weighted by Gasteiger charge is 2.29. The molecule has 1 aromatic carbocycles. The first-order chi connectivity index (χ1) is 16.2. The van der Waals surface area contributed by atoms with Crippen molar-refractivity contribution in [3.8, 4) is 28.7 Å². The Bertz CT molecular complexity index is 1150. The molecule has 2 aromatic heterocycles. The number of benzene rings is 1. The zero-order valence-electron chi connectivity index (χ0n) is 21.3. The minimum Gasteiger partial charge on any atom is -0.491 e. The Morgan fingerprint density at radius 3 is 2.44 bits per heavy atom. The van der Waals surface area contributed by atoms with E-state index in [9.17, 15) is 0 Å². The highest BCUT2D eigenvalue weighted by atomic mass is 16.5. The van der Waals surface area contributed by atoms with Crippen LogP contribution in [-0.2, 0) is 6.54 Å². The number of piperazine rings is 1. The molecule has 8 heteroatoms. The topological polar surface area (TPSA) is 64.2 Å². The van der Waals surface area contributed by atoms with E-state index in [-0.39, 0.29) is 11.6 Å². The number of nitrogens with zero attached hydrogens (tertiary/aromatic N) is 7. The van der Waals surface area contributed by atoms with E-state index in [0.717, 1.165) is 61.4 Å². The SMILES string of the molecule is CC(C)n1ncnc1-c1cn2c(n1)-c1cc([C@@H](C)N3CCN(C(C)(C)C)CC3)ccc1OCC2. The lowest BCUT2D eigenvalue weighted by molar-refractivity contribution is 0.0453. The number of imidazole rings is 1. The zero-order chi connectivity index (χ0) is 24.0. The van der Waals surface area contributed by atoms with Gasteiger partial charge in [-0.3, -0.25) is 9.80 Å². The summed E-state index contributed by atoms with van der Waals surface area (Å²) in [7, 11) is 0. The van der Waals surface area contributed by atoms with E-state index in [4.69, 9.17) is 9.72 Å². The average Bonchev–Trinajstić information content (AvgIpc) is 3.42. The van der Waals surface area contributed by atoms with Crippen molar-refractivity contribution in [3.63, 3.8) is 0 Å². The molecule has 4 heterocycles. The minimum atomic E-state index is 0.223. The van der Waals surface area contributed by atoms with Gasteiger partial charge in [0.05, 0.1) is 12.1 Å². The molecule has 3 aromatic rings. The predicted molar refractivity (Wildman–Crippen MR) is 134 cm³/mol. The first-order valence-corrected chi connectivity index (χ1v) is 12.5. The third-order valence-electron chi connectivity index (χ3n) is 7.20. The molecule has 0 radical (unpaired) electrons. The Morgan fingerprint density at radius 2 is 1.74 bits per heavy atom. The number of hydrogen-bond acceptors (Lipinski definition) is 6. The van der Waals surface area contributed by atoms with Gasteiger partial charge in [0.1, 0.15) is 30.2 Å². The fourth-order valence-corrected chi connectivity index (χ4v) is 5.07. The summed E-state index contributed by atoms with van der Waals surface area (Å²) in [6.45, 7) is 19.2. The van der Waals surface area contributed by atoms with Crippen molar-refractivity contribution in [2.45, 2.75) is 65.7 Å². The van der Waals surface area contributed by atoms with Gasteiger partial charge in [-0.2, -0.15) is 5.10 Å². The van der Waals surface area contributed by atoms with Crippen LogP contribution in [0.5, 0.6) is 5.75 Å². The summed E-state index contributed by atoms with van der Waals surface area (Å²) in [5.41, 5.74) is 3.43. The van der Waals surface area contributed by atoms with Crippen LogP contribution in [0, 0.1) is 0 Å². The lowest BCUT2D eigenvalue weighted by atomic mass is 10.0. The molecule has 5 rings (SSSR count). The molecule has 182 valence electrons. The number of rotatable bonds is 4. The fourth-order valence-electron chi connectivity index (χ4n) is 5.07. The zero-order valence-corrected chi connectivity index (χ0v) is 21.3. The minimum absolute atomic E-state index is 0.223. The third kappa shape index (κ3) is 4.25. The molecular weight excluding hydrogens is 426 g/mol. The van der Waals surface area contributed by atoms with Crippen LogP contribution in [0.15, 0.2) is 30.7 Å². The molecule has 0 unspecified atom stereocenters. The predicted octanol–water partition coefficient (Wildman–Crippen LogP) is 4.26. The van der Waals surface area contributed by atoms with Gasteiger partial charge < -0.3 is 9.30 Å². The van der Waals surface area contributed by atoms with Gasteiger partial charge >= 0.3 is 0 Å². The lowest BCUT2D eigenvalue weighted by Crippen LogP contribution is -2.53. The van der Waals surface area contributed by atoms with Crippen LogP contribution < -0.4 is 4.74 Å². The number of ether oxygens (including phenoxy) is 1. The van der Waals surface area contributed by atoms with Crippen molar-refractivity contribution >= 4 is 0 Å². The Labute approximate surface area is 202 Å². The lowest BCUT2D eigenvalue weighted by Gasteiger charge is -2.44. The smallest absolute Gasteiger partial charge is 0.178 e. The van der Waals surface area contributed by atoms with Crippen molar-refractivity contribution in [1.82, 2.24) is 34.1 Å². The summed E-state index contributed by atoms with van der Waals surface area (Å²) < 4.78 is 10.2. The summed E-state index contributed by atoms with van der Waals surface area (Å²) in [5.74, 6) is 2.64. The second-order valence-corrected chi connectivity index (χ2v) is 10.7. The van der Waals surface area contributed by atoms with Crippen LogP contribution in [0.2, 0.25) is 0 Å². The molecular formula is C26H37N7O. The molecule has 0 saturated carbocycles. The molecule has 1 saturated heterocycles. The molecule has 0 bridgehead atoms. The van der Waals surface area contributed by atoms with Crippen LogP contribution in [0.1, 0.15) is 59.2 Å². The van der Waals surface area contributed by atoms with E-state index < -0.39 is 0 Å². The van der Waals surface area contributed by atoms with Crippen molar-refractivity contribution in [2.24, 2.45) is 0 Å². The second-order valence-electron chi connectivity index (χ2n) is 10.7. The first-order valence-electron chi connectivity index (χ1n) is 12.5. The van der Waals surface area contributed by atoms with Gasteiger partial charge in [0.2, 0.25) is 0 Å². The van der Waals surface area contributed by atoms with Crippen LogP contribution >= 0.6 is 0 Å². The van der Waals surface area contributed by atoms with E-state index in [0.29, 0.717) is 12.6 Å². The van der Waals surface area contributed by atoms with Gasteiger partial charge in [0.25, 0.3) is 0 Å². The first kappa shape index (κ1) is 23.1.